The lowest BCUT2D eigenvalue weighted by atomic mass is 9.97. The summed E-state index contributed by atoms with van der Waals surface area (Å²) in [6.45, 7) is 3.75. The Morgan fingerprint density at radius 3 is 2.62 bits per heavy atom. The lowest BCUT2D eigenvalue weighted by Crippen LogP contribution is -2.34. The molecule has 1 aromatic carbocycles. The minimum absolute atomic E-state index is 0. The summed E-state index contributed by atoms with van der Waals surface area (Å²) < 4.78 is 5.14. The molecule has 2 heterocycles. The molecule has 0 spiro atoms. The molecule has 6 nitrogen and oxygen atoms in total. The third-order valence-electron chi connectivity index (χ3n) is 4.08. The van der Waals surface area contributed by atoms with E-state index in [4.69, 9.17) is 4.74 Å². The van der Waals surface area contributed by atoms with E-state index in [2.05, 4.69) is 15.6 Å². The van der Waals surface area contributed by atoms with Crippen LogP contribution < -0.4 is 10.6 Å². The molecule has 0 bridgehead atoms. The van der Waals surface area contributed by atoms with Gasteiger partial charge in [-0.15, -0.1) is 12.4 Å². The number of nitrogens with zero attached hydrogens (tertiary/aromatic N) is 1. The van der Waals surface area contributed by atoms with Crippen molar-refractivity contribution in [1.82, 2.24) is 10.3 Å². The second kappa shape index (κ2) is 9.66. The Morgan fingerprint density at radius 2 is 1.96 bits per heavy atom. The second-order valence-electron chi connectivity index (χ2n) is 5.80. The number of amides is 1. The number of esters is 1. The average Bonchev–Trinajstić information content (AvgIpc) is 3.07. The van der Waals surface area contributed by atoms with Crippen molar-refractivity contribution >= 4 is 40.8 Å². The number of halogens is 1. The molecule has 1 fully saturated rings. The first kappa shape index (κ1) is 20.4. The lowest BCUT2D eigenvalue weighted by molar-refractivity contribution is -0.120. The number of anilines is 1. The van der Waals surface area contributed by atoms with Crippen molar-refractivity contribution in [1.29, 1.82) is 0 Å². The molecular weight excluding hydrogens is 374 g/mol. The van der Waals surface area contributed by atoms with Crippen LogP contribution in [0.3, 0.4) is 0 Å². The van der Waals surface area contributed by atoms with Crippen LogP contribution in [0.1, 0.15) is 29.4 Å². The van der Waals surface area contributed by atoms with Gasteiger partial charge in [-0.25, -0.2) is 9.78 Å². The Labute approximate surface area is 162 Å². The number of aromatic nitrogens is 1. The minimum atomic E-state index is -0.416. The number of benzene rings is 1. The Hall–Kier alpha value is -1.96. The number of ether oxygens (including phenoxy) is 1. The second-order valence-corrected chi connectivity index (χ2v) is 6.80. The van der Waals surface area contributed by atoms with Crippen molar-refractivity contribution < 1.29 is 14.3 Å². The summed E-state index contributed by atoms with van der Waals surface area (Å²) in [7, 11) is 0. The highest BCUT2D eigenvalue weighted by Crippen LogP contribution is 2.32. The monoisotopic (exact) mass is 395 g/mol. The van der Waals surface area contributed by atoms with E-state index in [1.54, 1.807) is 6.92 Å². The highest BCUT2D eigenvalue weighted by Gasteiger charge is 2.25. The van der Waals surface area contributed by atoms with Gasteiger partial charge in [0.25, 0.3) is 0 Å². The average molecular weight is 396 g/mol. The van der Waals surface area contributed by atoms with Crippen molar-refractivity contribution in [2.45, 2.75) is 19.8 Å². The predicted octanol–water partition coefficient (Wildman–Crippen LogP) is 3.35. The Morgan fingerprint density at radius 1 is 1.27 bits per heavy atom. The first-order chi connectivity index (χ1) is 12.2. The van der Waals surface area contributed by atoms with E-state index in [-0.39, 0.29) is 24.2 Å². The van der Waals surface area contributed by atoms with Crippen LogP contribution in [-0.2, 0) is 9.53 Å². The largest absolute Gasteiger partial charge is 0.462 e. The molecule has 1 aliphatic heterocycles. The van der Waals surface area contributed by atoms with Gasteiger partial charge in [0.2, 0.25) is 5.91 Å². The molecule has 140 valence electrons. The van der Waals surface area contributed by atoms with E-state index in [0.29, 0.717) is 22.3 Å². The number of rotatable bonds is 5. The molecule has 0 saturated carbocycles. The quantitative estimate of drug-likeness (QED) is 0.759. The van der Waals surface area contributed by atoms with Crippen molar-refractivity contribution in [2.75, 3.05) is 25.0 Å². The SMILES string of the molecule is CCOC(=O)c1sc(NC(=O)C2CCNCC2)nc1-c1ccccc1.Cl. The zero-order chi connectivity index (χ0) is 17.6. The molecule has 1 amide bonds. The van der Waals surface area contributed by atoms with Gasteiger partial charge in [-0.3, -0.25) is 4.79 Å². The van der Waals surface area contributed by atoms with Crippen LogP contribution in [0.15, 0.2) is 30.3 Å². The number of carbonyl (C=O) groups is 2. The molecule has 1 aromatic heterocycles. The first-order valence-electron chi connectivity index (χ1n) is 8.44. The summed E-state index contributed by atoms with van der Waals surface area (Å²) in [5.74, 6) is -0.470. The molecule has 8 heteroatoms. The van der Waals surface area contributed by atoms with Crippen LogP contribution in [0.2, 0.25) is 0 Å². The molecule has 2 N–H and O–H groups in total. The van der Waals surface area contributed by atoms with Gasteiger partial charge in [-0.05, 0) is 32.9 Å². The van der Waals surface area contributed by atoms with Crippen LogP contribution in [0.4, 0.5) is 5.13 Å². The molecule has 3 rings (SSSR count). The maximum Gasteiger partial charge on any atom is 0.350 e. The van der Waals surface area contributed by atoms with Gasteiger partial charge in [0.05, 0.1) is 12.3 Å². The van der Waals surface area contributed by atoms with E-state index in [9.17, 15) is 9.59 Å². The van der Waals surface area contributed by atoms with Gasteiger partial charge >= 0.3 is 5.97 Å². The predicted molar refractivity (Wildman–Crippen MR) is 105 cm³/mol. The molecule has 0 atom stereocenters. The first-order valence-corrected chi connectivity index (χ1v) is 9.25. The van der Waals surface area contributed by atoms with E-state index in [1.807, 2.05) is 30.3 Å². The van der Waals surface area contributed by atoms with Gasteiger partial charge in [-0.2, -0.15) is 0 Å². The summed E-state index contributed by atoms with van der Waals surface area (Å²) in [5.41, 5.74) is 1.37. The number of piperidine rings is 1. The molecule has 1 saturated heterocycles. The molecule has 2 aromatic rings. The van der Waals surface area contributed by atoms with Crippen LogP contribution in [-0.4, -0.2) is 36.6 Å². The summed E-state index contributed by atoms with van der Waals surface area (Å²) in [6, 6.07) is 9.44. The van der Waals surface area contributed by atoms with E-state index in [1.165, 1.54) is 0 Å². The number of thiazole rings is 1. The molecular formula is C18H22ClN3O3S. The van der Waals surface area contributed by atoms with Crippen molar-refractivity contribution in [3.05, 3.63) is 35.2 Å². The van der Waals surface area contributed by atoms with Crippen LogP contribution in [0.25, 0.3) is 11.3 Å². The zero-order valence-electron chi connectivity index (χ0n) is 14.5. The Kier molecular flexibility index (Phi) is 7.56. The molecule has 0 radical (unpaired) electrons. The van der Waals surface area contributed by atoms with Gasteiger partial charge in [0.15, 0.2) is 5.13 Å². The number of hydrogen-bond donors (Lipinski definition) is 2. The fourth-order valence-corrected chi connectivity index (χ4v) is 3.68. The fraction of sp³-hybridized carbons (Fsp3) is 0.389. The number of carbonyl (C=O) groups excluding carboxylic acids is 2. The van der Waals surface area contributed by atoms with Gasteiger partial charge < -0.3 is 15.4 Å². The fourth-order valence-electron chi connectivity index (χ4n) is 2.79. The van der Waals surface area contributed by atoms with E-state index >= 15 is 0 Å². The van der Waals surface area contributed by atoms with Gasteiger partial charge in [0.1, 0.15) is 4.88 Å². The number of hydrogen-bond acceptors (Lipinski definition) is 6. The van der Waals surface area contributed by atoms with Crippen molar-refractivity contribution in [3.63, 3.8) is 0 Å². The minimum Gasteiger partial charge on any atom is -0.462 e. The smallest absolute Gasteiger partial charge is 0.350 e. The summed E-state index contributed by atoms with van der Waals surface area (Å²) >= 11 is 1.16. The zero-order valence-corrected chi connectivity index (χ0v) is 16.1. The third kappa shape index (κ3) is 4.81. The van der Waals surface area contributed by atoms with Crippen LogP contribution >= 0.6 is 23.7 Å². The maximum atomic E-state index is 12.4. The van der Waals surface area contributed by atoms with Crippen LogP contribution in [0, 0.1) is 5.92 Å². The molecule has 1 aliphatic rings. The highest BCUT2D eigenvalue weighted by atomic mass is 35.5. The topological polar surface area (TPSA) is 80.3 Å². The molecule has 0 unspecified atom stereocenters. The van der Waals surface area contributed by atoms with E-state index < -0.39 is 5.97 Å². The highest BCUT2D eigenvalue weighted by molar-refractivity contribution is 7.18. The summed E-state index contributed by atoms with van der Waals surface area (Å²) in [4.78, 5) is 29.6. The van der Waals surface area contributed by atoms with Crippen molar-refractivity contribution in [3.8, 4) is 11.3 Å². The summed E-state index contributed by atoms with van der Waals surface area (Å²) in [5, 5.41) is 6.55. The Bertz CT molecular complexity index is 745. The van der Waals surface area contributed by atoms with Crippen LogP contribution in [0.5, 0.6) is 0 Å². The molecule has 26 heavy (non-hydrogen) atoms. The Balaban J connectivity index is 0.00000243. The standard InChI is InChI=1S/C18H21N3O3S.ClH/c1-2-24-17(23)15-14(12-6-4-3-5-7-12)20-18(25-15)21-16(22)13-8-10-19-11-9-13;/h3-7,13,19H,2,8-11H2,1H3,(H,20,21,22);1H. The maximum absolute atomic E-state index is 12.4. The van der Waals surface area contributed by atoms with Gasteiger partial charge in [0, 0.05) is 11.5 Å². The summed E-state index contributed by atoms with van der Waals surface area (Å²) in [6.07, 6.45) is 1.63. The normalized spacial score (nSPS) is 14.3. The third-order valence-corrected chi connectivity index (χ3v) is 5.03. The molecule has 0 aliphatic carbocycles. The lowest BCUT2D eigenvalue weighted by Gasteiger charge is -2.20. The number of nitrogens with one attached hydrogen (secondary N) is 2. The van der Waals surface area contributed by atoms with Gasteiger partial charge in [-0.1, -0.05) is 41.7 Å². The van der Waals surface area contributed by atoms with Crippen molar-refractivity contribution in [2.24, 2.45) is 5.92 Å². The van der Waals surface area contributed by atoms with E-state index in [0.717, 1.165) is 42.8 Å².